The van der Waals surface area contributed by atoms with Gasteiger partial charge in [-0.1, -0.05) is 23.8 Å². The number of aryl methyl sites for hydroxylation is 1. The van der Waals surface area contributed by atoms with Gasteiger partial charge in [0.25, 0.3) is 0 Å². The van der Waals surface area contributed by atoms with Crippen LogP contribution in [0.25, 0.3) is 10.4 Å². The average Bonchev–Trinajstić information content (AvgIpc) is 3.09. The van der Waals surface area contributed by atoms with Crippen LogP contribution >= 0.6 is 11.3 Å². The van der Waals surface area contributed by atoms with Crippen molar-refractivity contribution >= 4 is 34.0 Å². The molecule has 2 aromatic heterocycles. The van der Waals surface area contributed by atoms with Crippen LogP contribution in [0.4, 0.5) is 16.8 Å². The predicted molar refractivity (Wildman–Crippen MR) is 124 cm³/mol. The van der Waals surface area contributed by atoms with E-state index in [1.54, 1.807) is 11.3 Å². The summed E-state index contributed by atoms with van der Waals surface area (Å²) < 4.78 is 0. The maximum absolute atomic E-state index is 11.9. The van der Waals surface area contributed by atoms with Crippen molar-refractivity contribution in [3.05, 3.63) is 47.9 Å². The van der Waals surface area contributed by atoms with Gasteiger partial charge in [0.1, 0.15) is 0 Å². The number of carbonyl (C=O) groups excluding carboxylic acids is 1. The molecular formula is C23H26N6OS. The zero-order valence-electron chi connectivity index (χ0n) is 17.6. The second-order valence-corrected chi connectivity index (χ2v) is 9.29. The molecule has 1 amide bonds. The van der Waals surface area contributed by atoms with Crippen molar-refractivity contribution in [2.24, 2.45) is 0 Å². The molecule has 5 rings (SSSR count). The van der Waals surface area contributed by atoms with E-state index in [4.69, 9.17) is 4.98 Å². The highest BCUT2D eigenvalue weighted by atomic mass is 32.1. The van der Waals surface area contributed by atoms with Crippen molar-refractivity contribution in [2.45, 2.75) is 38.5 Å². The van der Waals surface area contributed by atoms with Crippen molar-refractivity contribution in [1.82, 2.24) is 20.3 Å². The summed E-state index contributed by atoms with van der Waals surface area (Å²) in [6.07, 6.45) is 8.40. The molecule has 160 valence electrons. The molecule has 0 atom stereocenters. The molecule has 2 fully saturated rings. The number of hydrogen-bond acceptors (Lipinski definition) is 7. The fourth-order valence-corrected chi connectivity index (χ4v) is 4.93. The summed E-state index contributed by atoms with van der Waals surface area (Å²) in [5.74, 6) is 1.27. The van der Waals surface area contributed by atoms with Gasteiger partial charge in [0.05, 0.1) is 11.4 Å². The van der Waals surface area contributed by atoms with Crippen LogP contribution in [0.5, 0.6) is 0 Å². The summed E-state index contributed by atoms with van der Waals surface area (Å²) in [4.78, 5) is 28.8. The highest BCUT2D eigenvalue weighted by Gasteiger charge is 2.21. The first-order valence-electron chi connectivity index (χ1n) is 10.8. The molecule has 0 unspecified atom stereocenters. The Morgan fingerprint density at radius 2 is 2.10 bits per heavy atom. The predicted octanol–water partition coefficient (Wildman–Crippen LogP) is 4.25. The summed E-state index contributed by atoms with van der Waals surface area (Å²) in [6.45, 7) is 4.01. The lowest BCUT2D eigenvalue weighted by molar-refractivity contribution is -0.119. The second-order valence-electron chi connectivity index (χ2n) is 8.28. The minimum Gasteiger partial charge on any atom is -0.354 e. The van der Waals surface area contributed by atoms with Gasteiger partial charge >= 0.3 is 0 Å². The summed E-state index contributed by atoms with van der Waals surface area (Å²) >= 11 is 1.62. The van der Waals surface area contributed by atoms with E-state index in [0.717, 1.165) is 52.0 Å². The molecule has 8 heteroatoms. The zero-order valence-corrected chi connectivity index (χ0v) is 18.4. The van der Waals surface area contributed by atoms with Crippen LogP contribution in [-0.4, -0.2) is 40.5 Å². The van der Waals surface area contributed by atoms with Crippen molar-refractivity contribution in [1.29, 1.82) is 0 Å². The average molecular weight is 435 g/mol. The molecule has 1 aliphatic carbocycles. The fourth-order valence-electron chi connectivity index (χ4n) is 4.00. The lowest BCUT2D eigenvalue weighted by Gasteiger charge is -2.24. The number of thiazole rings is 1. The topological polar surface area (TPSA) is 83.0 Å². The van der Waals surface area contributed by atoms with Gasteiger partial charge in [0.2, 0.25) is 11.9 Å². The molecule has 1 aromatic carbocycles. The SMILES string of the molecule is Cc1cc(Nc2nccc(C3CCC3)n2)cc(-c2cnc(N3CCCNC(=O)C3)s2)c1. The van der Waals surface area contributed by atoms with Gasteiger partial charge < -0.3 is 15.5 Å². The maximum atomic E-state index is 11.9. The standard InChI is InChI=1S/C23H26N6OS/c1-15-10-17(20-13-26-23(31-20)29-9-3-7-24-21(30)14-29)12-18(11-15)27-22-25-8-6-19(28-22)16-4-2-5-16/h6,8,10-13,16H,2-5,7,9,14H2,1H3,(H,24,30)(H,25,27,28). The van der Waals surface area contributed by atoms with Crippen molar-refractivity contribution in [3.63, 3.8) is 0 Å². The molecule has 1 saturated carbocycles. The third kappa shape index (κ3) is 4.54. The van der Waals surface area contributed by atoms with Crippen LogP contribution in [0.15, 0.2) is 36.7 Å². The Labute approximate surface area is 186 Å². The Morgan fingerprint density at radius 1 is 1.19 bits per heavy atom. The molecule has 0 radical (unpaired) electrons. The lowest BCUT2D eigenvalue weighted by Crippen LogP contribution is -2.32. The van der Waals surface area contributed by atoms with E-state index in [2.05, 4.69) is 50.6 Å². The quantitative estimate of drug-likeness (QED) is 0.625. The number of aromatic nitrogens is 3. The van der Waals surface area contributed by atoms with Gasteiger partial charge in [-0.2, -0.15) is 0 Å². The summed E-state index contributed by atoms with van der Waals surface area (Å²) in [5.41, 5.74) is 4.34. The molecule has 1 aliphatic heterocycles. The smallest absolute Gasteiger partial charge is 0.239 e. The molecule has 2 N–H and O–H groups in total. The Balaban J connectivity index is 1.36. The van der Waals surface area contributed by atoms with E-state index in [1.807, 2.05) is 18.5 Å². The first-order chi connectivity index (χ1) is 15.1. The van der Waals surface area contributed by atoms with E-state index >= 15 is 0 Å². The molecule has 3 heterocycles. The Bertz CT molecular complexity index is 1090. The van der Waals surface area contributed by atoms with E-state index in [1.165, 1.54) is 19.3 Å². The number of hydrogen-bond donors (Lipinski definition) is 2. The third-order valence-corrected chi connectivity index (χ3v) is 6.95. The van der Waals surface area contributed by atoms with Crippen molar-refractivity contribution in [2.75, 3.05) is 29.9 Å². The van der Waals surface area contributed by atoms with Gasteiger partial charge in [-0.25, -0.2) is 15.0 Å². The number of benzene rings is 1. The van der Waals surface area contributed by atoms with Crippen LogP contribution in [0, 0.1) is 6.92 Å². The van der Waals surface area contributed by atoms with Crippen molar-refractivity contribution in [3.8, 4) is 10.4 Å². The highest BCUT2D eigenvalue weighted by molar-refractivity contribution is 7.18. The van der Waals surface area contributed by atoms with Crippen LogP contribution in [0.3, 0.4) is 0 Å². The summed E-state index contributed by atoms with van der Waals surface area (Å²) in [7, 11) is 0. The normalized spacial score (nSPS) is 17.1. The van der Waals surface area contributed by atoms with Crippen molar-refractivity contribution < 1.29 is 4.79 Å². The number of carbonyl (C=O) groups is 1. The first-order valence-corrected chi connectivity index (χ1v) is 11.7. The van der Waals surface area contributed by atoms with E-state index in [-0.39, 0.29) is 5.91 Å². The molecule has 1 saturated heterocycles. The Hall–Kier alpha value is -3.00. The fraction of sp³-hybridized carbons (Fsp3) is 0.391. The van der Waals surface area contributed by atoms with Gasteiger partial charge in [-0.05, 0) is 55.5 Å². The molecule has 2 aliphatic rings. The Morgan fingerprint density at radius 3 is 2.94 bits per heavy atom. The van der Waals surface area contributed by atoms with Crippen LogP contribution in [0.2, 0.25) is 0 Å². The largest absolute Gasteiger partial charge is 0.354 e. The van der Waals surface area contributed by atoms with Crippen LogP contribution in [0.1, 0.15) is 42.9 Å². The Kier molecular flexibility index (Phi) is 5.55. The van der Waals surface area contributed by atoms with Gasteiger partial charge in [0.15, 0.2) is 5.13 Å². The summed E-state index contributed by atoms with van der Waals surface area (Å²) in [5, 5.41) is 7.18. The molecule has 7 nitrogen and oxygen atoms in total. The summed E-state index contributed by atoms with van der Waals surface area (Å²) in [6, 6.07) is 8.39. The van der Waals surface area contributed by atoms with Gasteiger partial charge in [0, 0.05) is 42.8 Å². The lowest BCUT2D eigenvalue weighted by atomic mass is 9.83. The number of amides is 1. The van der Waals surface area contributed by atoms with Crippen LogP contribution in [-0.2, 0) is 4.79 Å². The third-order valence-electron chi connectivity index (χ3n) is 5.84. The van der Waals surface area contributed by atoms with Gasteiger partial charge in [-0.15, -0.1) is 0 Å². The number of anilines is 3. The highest BCUT2D eigenvalue weighted by Crippen LogP contribution is 2.36. The van der Waals surface area contributed by atoms with E-state index < -0.39 is 0 Å². The molecule has 0 bridgehead atoms. The maximum Gasteiger partial charge on any atom is 0.239 e. The number of rotatable bonds is 5. The number of nitrogens with one attached hydrogen (secondary N) is 2. The second kappa shape index (κ2) is 8.63. The minimum atomic E-state index is 0.0559. The minimum absolute atomic E-state index is 0.0559. The first kappa shape index (κ1) is 19.9. The monoisotopic (exact) mass is 434 g/mol. The molecule has 3 aromatic rings. The van der Waals surface area contributed by atoms with Gasteiger partial charge in [-0.3, -0.25) is 4.79 Å². The molecule has 0 spiro atoms. The van der Waals surface area contributed by atoms with E-state index in [9.17, 15) is 4.79 Å². The number of nitrogens with zero attached hydrogens (tertiary/aromatic N) is 4. The van der Waals surface area contributed by atoms with Crippen LogP contribution < -0.4 is 15.5 Å². The molecule has 31 heavy (non-hydrogen) atoms. The van der Waals surface area contributed by atoms with E-state index in [0.29, 0.717) is 18.4 Å². The zero-order chi connectivity index (χ0) is 21.2. The molecular weight excluding hydrogens is 408 g/mol.